The van der Waals surface area contributed by atoms with Gasteiger partial charge in [0.1, 0.15) is 0 Å². The average Bonchev–Trinajstić information content (AvgIpc) is 2.31. The van der Waals surface area contributed by atoms with E-state index in [1.807, 2.05) is 0 Å². The van der Waals surface area contributed by atoms with Gasteiger partial charge >= 0.3 is 6.03 Å². The number of nitrogens with zero attached hydrogens (tertiary/aromatic N) is 2. The molecule has 2 amide bonds. The van der Waals surface area contributed by atoms with E-state index < -0.39 is 29.1 Å². The lowest BCUT2D eigenvalue weighted by Crippen LogP contribution is -2.46. The summed E-state index contributed by atoms with van der Waals surface area (Å²) in [4.78, 5) is 10.3. The second-order valence-electron chi connectivity index (χ2n) is 2.03. The highest BCUT2D eigenvalue weighted by Gasteiger charge is 2.42. The Labute approximate surface area is 63.6 Å². The van der Waals surface area contributed by atoms with Crippen LogP contribution >= 0.6 is 0 Å². The monoisotopic (exact) mass is 188 g/mol. The fraction of sp³-hybridized carbons (Fsp3) is 0.667. The van der Waals surface area contributed by atoms with Gasteiger partial charge in [0, 0.05) is 10.7 Å². The SMILES string of the molecule is O=C1NC(N(F)F)C(N(F)F)N1. The van der Waals surface area contributed by atoms with Gasteiger partial charge in [0.05, 0.1) is 0 Å². The minimum absolute atomic E-state index is 1.06. The maximum absolute atomic E-state index is 11.7. The van der Waals surface area contributed by atoms with E-state index in [2.05, 4.69) is 0 Å². The summed E-state index contributed by atoms with van der Waals surface area (Å²) in [7, 11) is 0. The zero-order valence-corrected chi connectivity index (χ0v) is 5.47. The molecule has 1 rings (SSSR count). The van der Waals surface area contributed by atoms with Crippen LogP contribution in [0.4, 0.5) is 22.7 Å². The summed E-state index contributed by atoms with van der Waals surface area (Å²) in [6, 6.07) is -1.06. The summed E-state index contributed by atoms with van der Waals surface area (Å²) in [6.45, 7) is 0. The largest absolute Gasteiger partial charge is 0.317 e. The van der Waals surface area contributed by atoms with Crippen molar-refractivity contribution in [1.82, 2.24) is 21.3 Å². The number of nitrogens with one attached hydrogen (secondary N) is 2. The summed E-state index contributed by atoms with van der Waals surface area (Å²) in [5, 5.41) is 0.167. The molecule has 1 saturated heterocycles. The Bertz CT molecular complexity index is 169. The fourth-order valence-electron chi connectivity index (χ4n) is 0.779. The van der Waals surface area contributed by atoms with Gasteiger partial charge in [-0.15, -0.1) is 0 Å². The van der Waals surface area contributed by atoms with E-state index in [-0.39, 0.29) is 0 Å². The van der Waals surface area contributed by atoms with Gasteiger partial charge in [-0.3, -0.25) is 0 Å². The second kappa shape index (κ2) is 3.11. The van der Waals surface area contributed by atoms with Crippen LogP contribution in [0.15, 0.2) is 0 Å². The zero-order chi connectivity index (χ0) is 9.30. The van der Waals surface area contributed by atoms with Gasteiger partial charge in [0.25, 0.3) is 0 Å². The number of halogens is 4. The predicted octanol–water partition coefficient (Wildman–Crippen LogP) is 0.0934. The second-order valence-corrected chi connectivity index (χ2v) is 2.03. The Morgan fingerprint density at radius 1 is 1.00 bits per heavy atom. The molecule has 0 aromatic carbocycles. The predicted molar refractivity (Wildman–Crippen MR) is 27.4 cm³/mol. The van der Waals surface area contributed by atoms with Crippen molar-refractivity contribution in [1.29, 1.82) is 0 Å². The van der Waals surface area contributed by atoms with Crippen molar-refractivity contribution in [3.8, 4) is 0 Å². The topological polar surface area (TPSA) is 47.6 Å². The highest BCUT2D eigenvalue weighted by molar-refractivity contribution is 5.76. The molecular formula is C3H4F4N4O. The molecule has 2 N–H and O–H groups in total. The van der Waals surface area contributed by atoms with Crippen LogP contribution in [0, 0.1) is 0 Å². The lowest BCUT2D eigenvalue weighted by atomic mass is 10.4. The van der Waals surface area contributed by atoms with Crippen LogP contribution in [-0.2, 0) is 0 Å². The van der Waals surface area contributed by atoms with E-state index in [0.717, 1.165) is 0 Å². The van der Waals surface area contributed by atoms with Crippen molar-refractivity contribution in [2.24, 2.45) is 0 Å². The maximum atomic E-state index is 11.7. The summed E-state index contributed by atoms with van der Waals surface area (Å²) >= 11 is 0. The molecule has 0 saturated carbocycles. The van der Waals surface area contributed by atoms with Crippen LogP contribution in [0.25, 0.3) is 0 Å². The van der Waals surface area contributed by atoms with Crippen molar-refractivity contribution in [3.63, 3.8) is 0 Å². The van der Waals surface area contributed by atoms with Crippen molar-refractivity contribution in [2.45, 2.75) is 12.3 Å². The molecule has 0 bridgehead atoms. The molecule has 12 heavy (non-hydrogen) atoms. The third kappa shape index (κ3) is 1.56. The molecule has 0 aromatic rings. The van der Waals surface area contributed by atoms with E-state index in [1.54, 1.807) is 10.6 Å². The number of hydrogen-bond acceptors (Lipinski definition) is 3. The molecule has 0 aromatic heterocycles. The van der Waals surface area contributed by atoms with Crippen molar-refractivity contribution in [3.05, 3.63) is 0 Å². The first kappa shape index (κ1) is 9.00. The highest BCUT2D eigenvalue weighted by atomic mass is 19.4. The number of rotatable bonds is 2. The molecule has 0 radical (unpaired) electrons. The van der Waals surface area contributed by atoms with E-state index in [0.29, 0.717) is 0 Å². The first-order valence-electron chi connectivity index (χ1n) is 2.81. The van der Waals surface area contributed by atoms with E-state index >= 15 is 0 Å². The van der Waals surface area contributed by atoms with Gasteiger partial charge in [-0.05, 0) is 0 Å². The molecule has 5 nitrogen and oxygen atoms in total. The lowest BCUT2D eigenvalue weighted by molar-refractivity contribution is -0.257. The Hall–Kier alpha value is -1.09. The summed E-state index contributed by atoms with van der Waals surface area (Å²) < 4.78 is 47.0. The van der Waals surface area contributed by atoms with Gasteiger partial charge in [0.2, 0.25) is 0 Å². The standard InChI is InChI=1S/C3H4F4N4O/c4-10(5)1-2(11(6)7)9-3(12)8-1/h1-2H,(H2,8,9,12). The van der Waals surface area contributed by atoms with Gasteiger partial charge in [-0.25, -0.2) is 4.79 Å². The summed E-state index contributed by atoms with van der Waals surface area (Å²) in [6.07, 6.45) is -4.07. The van der Waals surface area contributed by atoms with E-state index in [4.69, 9.17) is 0 Å². The molecule has 0 aliphatic carbocycles. The van der Waals surface area contributed by atoms with E-state index in [9.17, 15) is 22.7 Å². The molecule has 0 spiro atoms. The Morgan fingerprint density at radius 3 is 1.58 bits per heavy atom. The van der Waals surface area contributed by atoms with Crippen LogP contribution in [0.2, 0.25) is 0 Å². The van der Waals surface area contributed by atoms with Crippen LogP contribution in [-0.4, -0.2) is 29.1 Å². The Balaban J connectivity index is 2.65. The molecule has 2 atom stereocenters. The number of amides is 2. The Kier molecular flexibility index (Phi) is 2.33. The van der Waals surface area contributed by atoms with Crippen LogP contribution < -0.4 is 10.6 Å². The normalized spacial score (nSPS) is 29.3. The molecular weight excluding hydrogens is 184 g/mol. The third-order valence-corrected chi connectivity index (χ3v) is 1.28. The average molecular weight is 188 g/mol. The smallest absolute Gasteiger partial charge is 0.314 e. The van der Waals surface area contributed by atoms with Crippen LogP contribution in [0.1, 0.15) is 0 Å². The molecule has 1 heterocycles. The molecule has 70 valence electrons. The maximum Gasteiger partial charge on any atom is 0.317 e. The number of hydrogen-bond donors (Lipinski definition) is 2. The lowest BCUT2D eigenvalue weighted by Gasteiger charge is -2.16. The minimum Gasteiger partial charge on any atom is -0.314 e. The van der Waals surface area contributed by atoms with Crippen LogP contribution in [0.5, 0.6) is 0 Å². The van der Waals surface area contributed by atoms with Gasteiger partial charge in [-0.1, -0.05) is 17.9 Å². The zero-order valence-electron chi connectivity index (χ0n) is 5.47. The molecule has 1 fully saturated rings. The quantitative estimate of drug-likeness (QED) is 0.477. The molecule has 1 aliphatic rings. The third-order valence-electron chi connectivity index (χ3n) is 1.28. The van der Waals surface area contributed by atoms with Gasteiger partial charge < -0.3 is 10.6 Å². The first-order chi connectivity index (χ1) is 5.52. The summed E-state index contributed by atoms with van der Waals surface area (Å²) in [5.74, 6) is 0. The molecule has 1 aliphatic heterocycles. The molecule has 9 heteroatoms. The summed E-state index contributed by atoms with van der Waals surface area (Å²) in [5.41, 5.74) is 0. The van der Waals surface area contributed by atoms with Crippen molar-refractivity contribution in [2.75, 3.05) is 0 Å². The van der Waals surface area contributed by atoms with Crippen molar-refractivity contribution < 1.29 is 22.7 Å². The Morgan fingerprint density at radius 2 is 1.33 bits per heavy atom. The first-order valence-corrected chi connectivity index (χ1v) is 2.81. The van der Waals surface area contributed by atoms with Gasteiger partial charge in [-0.2, -0.15) is 0 Å². The van der Waals surface area contributed by atoms with Gasteiger partial charge in [0.15, 0.2) is 12.3 Å². The number of carbonyl (C=O) groups is 1. The van der Waals surface area contributed by atoms with E-state index in [1.165, 1.54) is 0 Å². The number of carbonyl (C=O) groups excluding carboxylic acids is 1. The molecule has 2 unspecified atom stereocenters. The number of urea groups is 1. The highest BCUT2D eigenvalue weighted by Crippen LogP contribution is 2.13. The van der Waals surface area contributed by atoms with Crippen molar-refractivity contribution >= 4 is 6.03 Å². The minimum atomic E-state index is -2.03. The fourth-order valence-corrected chi connectivity index (χ4v) is 0.779. The van der Waals surface area contributed by atoms with Crippen LogP contribution in [0.3, 0.4) is 0 Å².